The van der Waals surface area contributed by atoms with Gasteiger partial charge < -0.3 is 20.3 Å². The van der Waals surface area contributed by atoms with Crippen LogP contribution < -0.4 is 15.4 Å². The molecule has 0 fully saturated rings. The number of benzene rings is 2. The van der Waals surface area contributed by atoms with Gasteiger partial charge in [-0.1, -0.05) is 12.1 Å². The van der Waals surface area contributed by atoms with E-state index in [1.165, 1.54) is 12.1 Å². The molecule has 146 valence electrons. The van der Waals surface area contributed by atoms with Gasteiger partial charge in [-0.25, -0.2) is 0 Å². The second-order valence-corrected chi connectivity index (χ2v) is 6.16. The highest BCUT2D eigenvalue weighted by Crippen LogP contribution is 2.24. The summed E-state index contributed by atoms with van der Waals surface area (Å²) in [5.41, 5.74) is 1.53. The molecule has 0 heterocycles. The molecular weight excluding hydrogens is 359 g/mol. The summed E-state index contributed by atoms with van der Waals surface area (Å²) in [4.78, 5) is 14.6. The Bertz CT molecular complexity index is 747. The first kappa shape index (κ1) is 20.6. The fourth-order valence-corrected chi connectivity index (χ4v) is 2.39. The lowest BCUT2D eigenvalue weighted by molar-refractivity contribution is -0.274. The Kier molecular flexibility index (Phi) is 7.06. The fraction of sp³-hybridized carbons (Fsp3) is 0.316. The second-order valence-electron chi connectivity index (χ2n) is 6.16. The minimum atomic E-state index is -4.75. The summed E-state index contributed by atoms with van der Waals surface area (Å²) in [6, 6.07) is 12.1. The summed E-state index contributed by atoms with van der Waals surface area (Å²) in [5.74, 6) is -0.696. The van der Waals surface area contributed by atoms with Crippen LogP contribution in [0.25, 0.3) is 0 Å². The first-order chi connectivity index (χ1) is 12.7. The van der Waals surface area contributed by atoms with E-state index in [1.54, 1.807) is 12.1 Å². The van der Waals surface area contributed by atoms with Crippen molar-refractivity contribution in [3.8, 4) is 5.75 Å². The predicted molar refractivity (Wildman–Crippen MR) is 99.2 cm³/mol. The van der Waals surface area contributed by atoms with Crippen LogP contribution in [0.2, 0.25) is 0 Å². The topological polar surface area (TPSA) is 53.6 Å². The quantitative estimate of drug-likeness (QED) is 0.673. The molecule has 2 aromatic rings. The molecule has 27 heavy (non-hydrogen) atoms. The van der Waals surface area contributed by atoms with E-state index in [0.717, 1.165) is 25.1 Å². The predicted octanol–water partition coefficient (Wildman–Crippen LogP) is 4.20. The highest BCUT2D eigenvalue weighted by Gasteiger charge is 2.30. The van der Waals surface area contributed by atoms with E-state index in [4.69, 9.17) is 0 Å². The van der Waals surface area contributed by atoms with Crippen LogP contribution in [0.4, 0.5) is 24.5 Å². The Morgan fingerprint density at radius 3 is 2.37 bits per heavy atom. The molecule has 0 spiro atoms. The normalized spacial score (nSPS) is 11.3. The van der Waals surface area contributed by atoms with Gasteiger partial charge in [-0.05, 0) is 63.5 Å². The number of alkyl halides is 3. The average molecular weight is 381 g/mol. The maximum absolute atomic E-state index is 12.5. The highest BCUT2D eigenvalue weighted by atomic mass is 19.4. The summed E-state index contributed by atoms with van der Waals surface area (Å²) in [5, 5.41) is 5.91. The van der Waals surface area contributed by atoms with Gasteiger partial charge in [0, 0.05) is 17.9 Å². The van der Waals surface area contributed by atoms with Crippen molar-refractivity contribution in [2.24, 2.45) is 0 Å². The minimum absolute atomic E-state index is 0.344. The van der Waals surface area contributed by atoms with Crippen molar-refractivity contribution in [3.05, 3.63) is 54.1 Å². The summed E-state index contributed by atoms with van der Waals surface area (Å²) in [6.07, 6.45) is -3.83. The lowest BCUT2D eigenvalue weighted by Crippen LogP contribution is -2.18. The molecule has 0 radical (unpaired) electrons. The molecule has 2 N–H and O–H groups in total. The third-order valence-electron chi connectivity index (χ3n) is 3.62. The summed E-state index contributed by atoms with van der Waals surface area (Å²) in [6.45, 7) is 1.64. The lowest BCUT2D eigenvalue weighted by Gasteiger charge is -2.14. The van der Waals surface area contributed by atoms with E-state index in [2.05, 4.69) is 20.3 Å². The van der Waals surface area contributed by atoms with E-state index < -0.39 is 6.36 Å². The van der Waals surface area contributed by atoms with Crippen molar-refractivity contribution >= 4 is 17.3 Å². The molecule has 8 heteroatoms. The number of nitrogens with one attached hydrogen (secondary N) is 2. The molecule has 0 saturated heterocycles. The van der Waals surface area contributed by atoms with Gasteiger partial charge in [0.15, 0.2) is 0 Å². The number of hydrogen-bond acceptors (Lipinski definition) is 4. The van der Waals surface area contributed by atoms with E-state index in [0.29, 0.717) is 23.5 Å². The van der Waals surface area contributed by atoms with E-state index in [1.807, 2.05) is 26.2 Å². The van der Waals surface area contributed by atoms with Crippen LogP contribution in [0.5, 0.6) is 5.75 Å². The number of amides is 1. The van der Waals surface area contributed by atoms with Gasteiger partial charge in [-0.15, -0.1) is 13.2 Å². The molecule has 0 aliphatic rings. The Morgan fingerprint density at radius 2 is 1.74 bits per heavy atom. The third kappa shape index (κ3) is 7.18. The molecule has 0 saturated carbocycles. The molecular formula is C19H22F3N3O2. The number of hydrogen-bond donors (Lipinski definition) is 2. The van der Waals surface area contributed by atoms with Gasteiger partial charge in [-0.2, -0.15) is 0 Å². The first-order valence-electron chi connectivity index (χ1n) is 8.39. The van der Waals surface area contributed by atoms with Crippen molar-refractivity contribution in [1.82, 2.24) is 4.90 Å². The molecule has 5 nitrogen and oxygen atoms in total. The van der Waals surface area contributed by atoms with Gasteiger partial charge in [0.2, 0.25) is 0 Å². The van der Waals surface area contributed by atoms with Gasteiger partial charge in [0.25, 0.3) is 5.91 Å². The molecule has 0 aromatic heterocycles. The lowest BCUT2D eigenvalue weighted by atomic mass is 10.1. The van der Waals surface area contributed by atoms with Crippen molar-refractivity contribution in [1.29, 1.82) is 0 Å². The number of carbonyl (C=O) groups excluding carboxylic acids is 1. The van der Waals surface area contributed by atoms with E-state index in [9.17, 15) is 18.0 Å². The standard InChI is InChI=1S/C19H22F3N3O2/c1-25(2)13-5-12-23-17-7-4-3-6-16(17)18(26)24-14-8-10-15(11-9-14)27-19(20,21)22/h3-4,6-11,23H,5,12-13H2,1-2H3,(H,24,26). The number of rotatable bonds is 8. The third-order valence-corrected chi connectivity index (χ3v) is 3.62. The Morgan fingerprint density at radius 1 is 1.07 bits per heavy atom. The number of anilines is 2. The van der Waals surface area contributed by atoms with Crippen molar-refractivity contribution in [2.45, 2.75) is 12.8 Å². The molecule has 2 rings (SSSR count). The maximum Gasteiger partial charge on any atom is 0.573 e. The SMILES string of the molecule is CN(C)CCCNc1ccccc1C(=O)Nc1ccc(OC(F)(F)F)cc1. The molecule has 0 unspecified atom stereocenters. The monoisotopic (exact) mass is 381 g/mol. The average Bonchev–Trinajstić information content (AvgIpc) is 2.59. The fourth-order valence-electron chi connectivity index (χ4n) is 2.39. The number of ether oxygens (including phenoxy) is 1. The maximum atomic E-state index is 12.5. The van der Waals surface area contributed by atoms with Crippen molar-refractivity contribution in [2.75, 3.05) is 37.8 Å². The van der Waals surface area contributed by atoms with Crippen LogP contribution in [0.3, 0.4) is 0 Å². The molecule has 0 atom stereocenters. The van der Waals surface area contributed by atoms with Gasteiger partial charge in [-0.3, -0.25) is 4.79 Å². The van der Waals surface area contributed by atoms with Crippen LogP contribution in [-0.4, -0.2) is 44.4 Å². The van der Waals surface area contributed by atoms with Crippen LogP contribution in [0.1, 0.15) is 16.8 Å². The van der Waals surface area contributed by atoms with Gasteiger partial charge in [0.05, 0.1) is 5.56 Å². The molecule has 0 aliphatic heterocycles. The largest absolute Gasteiger partial charge is 0.573 e. The second kappa shape index (κ2) is 9.27. The molecule has 2 aromatic carbocycles. The smallest absolute Gasteiger partial charge is 0.406 e. The van der Waals surface area contributed by atoms with Crippen molar-refractivity contribution in [3.63, 3.8) is 0 Å². The zero-order valence-corrected chi connectivity index (χ0v) is 15.1. The molecule has 0 aliphatic carbocycles. The minimum Gasteiger partial charge on any atom is -0.406 e. The van der Waals surface area contributed by atoms with Gasteiger partial charge >= 0.3 is 6.36 Å². The van der Waals surface area contributed by atoms with Crippen LogP contribution in [0.15, 0.2) is 48.5 Å². The molecule has 0 bridgehead atoms. The number of halogens is 3. The Labute approximate surface area is 156 Å². The highest BCUT2D eigenvalue weighted by molar-refractivity contribution is 6.08. The Hall–Kier alpha value is -2.74. The number of nitrogens with zero attached hydrogens (tertiary/aromatic N) is 1. The van der Waals surface area contributed by atoms with Crippen LogP contribution in [-0.2, 0) is 0 Å². The van der Waals surface area contributed by atoms with Gasteiger partial charge in [0.1, 0.15) is 5.75 Å². The summed E-state index contributed by atoms with van der Waals surface area (Å²) >= 11 is 0. The van der Waals surface area contributed by atoms with Crippen molar-refractivity contribution < 1.29 is 22.7 Å². The summed E-state index contributed by atoms with van der Waals surface area (Å²) < 4.78 is 40.4. The van der Waals surface area contributed by atoms with Crippen LogP contribution >= 0.6 is 0 Å². The Balaban J connectivity index is 1.99. The summed E-state index contributed by atoms with van der Waals surface area (Å²) in [7, 11) is 3.98. The van der Waals surface area contributed by atoms with Crippen LogP contribution in [0, 0.1) is 0 Å². The van der Waals surface area contributed by atoms with E-state index in [-0.39, 0.29) is 11.7 Å². The zero-order chi connectivity index (χ0) is 19.9. The molecule has 1 amide bonds. The first-order valence-corrected chi connectivity index (χ1v) is 8.39. The zero-order valence-electron chi connectivity index (χ0n) is 15.1. The van der Waals surface area contributed by atoms with E-state index >= 15 is 0 Å². The number of para-hydroxylation sites is 1. The number of carbonyl (C=O) groups is 1.